The summed E-state index contributed by atoms with van der Waals surface area (Å²) in [5.41, 5.74) is 3.55. The number of aryl methyl sites for hydroxylation is 2. The van der Waals surface area contributed by atoms with Gasteiger partial charge in [0, 0.05) is 31.7 Å². The fourth-order valence-electron chi connectivity index (χ4n) is 3.55. The van der Waals surface area contributed by atoms with Gasteiger partial charge in [0.05, 0.1) is 15.1 Å². The highest BCUT2D eigenvalue weighted by molar-refractivity contribution is 7.89. The SMILES string of the molecule is C=CCN(CC=C)S(=O)(=O)c1ccc(C(=O)N(CCN(C)C)c2nc3c(C)c(C)ccc3s2)cc1. The van der Waals surface area contributed by atoms with Gasteiger partial charge in [0.25, 0.3) is 5.91 Å². The zero-order valence-corrected chi connectivity index (χ0v) is 22.3. The van der Waals surface area contributed by atoms with Crippen molar-refractivity contribution in [3.8, 4) is 0 Å². The minimum Gasteiger partial charge on any atom is -0.308 e. The van der Waals surface area contributed by atoms with Gasteiger partial charge in [0.15, 0.2) is 5.13 Å². The van der Waals surface area contributed by atoms with Crippen molar-refractivity contribution in [2.75, 3.05) is 45.2 Å². The smallest absolute Gasteiger partial charge is 0.260 e. The first-order chi connectivity index (χ1) is 16.6. The number of hydrogen-bond acceptors (Lipinski definition) is 6. The molecule has 0 spiro atoms. The fraction of sp³-hybridized carbons (Fsp3) is 0.308. The summed E-state index contributed by atoms with van der Waals surface area (Å²) in [4.78, 5) is 22.2. The molecule has 186 valence electrons. The molecule has 0 fully saturated rings. The summed E-state index contributed by atoms with van der Waals surface area (Å²) in [6.07, 6.45) is 3.06. The van der Waals surface area contributed by atoms with E-state index in [0.717, 1.165) is 21.3 Å². The Labute approximate surface area is 212 Å². The van der Waals surface area contributed by atoms with Crippen LogP contribution in [0.3, 0.4) is 0 Å². The monoisotopic (exact) mass is 512 g/mol. The van der Waals surface area contributed by atoms with Crippen LogP contribution in [0.25, 0.3) is 10.2 Å². The molecule has 9 heteroatoms. The summed E-state index contributed by atoms with van der Waals surface area (Å²) in [5.74, 6) is -0.224. The van der Waals surface area contributed by atoms with Crippen LogP contribution >= 0.6 is 11.3 Å². The van der Waals surface area contributed by atoms with Crippen molar-refractivity contribution in [1.82, 2.24) is 14.2 Å². The van der Waals surface area contributed by atoms with E-state index in [1.165, 1.54) is 39.9 Å². The van der Waals surface area contributed by atoms with Gasteiger partial charge in [-0.2, -0.15) is 4.31 Å². The zero-order valence-electron chi connectivity index (χ0n) is 20.7. The molecule has 0 atom stereocenters. The molecule has 2 aromatic carbocycles. The highest BCUT2D eigenvalue weighted by Gasteiger charge is 2.25. The van der Waals surface area contributed by atoms with Crippen molar-refractivity contribution in [2.24, 2.45) is 0 Å². The van der Waals surface area contributed by atoms with Crippen LogP contribution < -0.4 is 4.90 Å². The van der Waals surface area contributed by atoms with E-state index in [0.29, 0.717) is 23.8 Å². The highest BCUT2D eigenvalue weighted by Crippen LogP contribution is 2.32. The number of carbonyl (C=O) groups excluding carboxylic acids is 1. The number of hydrogen-bond donors (Lipinski definition) is 0. The van der Waals surface area contributed by atoms with Gasteiger partial charge < -0.3 is 4.90 Å². The molecule has 0 unspecified atom stereocenters. The van der Waals surface area contributed by atoms with Crippen molar-refractivity contribution in [3.05, 3.63) is 78.4 Å². The average molecular weight is 513 g/mol. The third-order valence-corrected chi connectivity index (χ3v) is 8.61. The molecule has 35 heavy (non-hydrogen) atoms. The van der Waals surface area contributed by atoms with E-state index in [-0.39, 0.29) is 23.9 Å². The number of thiazole rings is 1. The Bertz CT molecular complexity index is 1320. The van der Waals surface area contributed by atoms with Crippen LogP contribution in [0.5, 0.6) is 0 Å². The van der Waals surface area contributed by atoms with Crippen LogP contribution in [-0.2, 0) is 10.0 Å². The fourth-order valence-corrected chi connectivity index (χ4v) is 5.98. The molecular weight excluding hydrogens is 480 g/mol. The summed E-state index contributed by atoms with van der Waals surface area (Å²) in [6.45, 7) is 12.8. The normalized spacial score (nSPS) is 11.8. The molecule has 0 bridgehead atoms. The number of likely N-dealkylation sites (N-methyl/N-ethyl adjacent to an activating group) is 1. The van der Waals surface area contributed by atoms with Gasteiger partial charge in [0.2, 0.25) is 10.0 Å². The van der Waals surface area contributed by atoms with Gasteiger partial charge >= 0.3 is 0 Å². The number of rotatable bonds is 11. The Balaban J connectivity index is 1.96. The lowest BCUT2D eigenvalue weighted by molar-refractivity contribution is 0.0985. The number of anilines is 1. The molecule has 0 aliphatic rings. The first kappa shape index (κ1) is 26.7. The second-order valence-corrected chi connectivity index (χ2v) is 11.5. The Morgan fingerprint density at radius 2 is 1.63 bits per heavy atom. The van der Waals surface area contributed by atoms with Crippen LogP contribution in [0.2, 0.25) is 0 Å². The van der Waals surface area contributed by atoms with Gasteiger partial charge in [-0.3, -0.25) is 9.69 Å². The Morgan fingerprint density at radius 1 is 1.00 bits per heavy atom. The quantitative estimate of drug-likeness (QED) is 0.354. The molecule has 3 rings (SSSR count). The molecular formula is C26H32N4O3S2. The molecule has 0 N–H and O–H groups in total. The topological polar surface area (TPSA) is 73.8 Å². The lowest BCUT2D eigenvalue weighted by atomic mass is 10.1. The summed E-state index contributed by atoms with van der Waals surface area (Å²) < 4.78 is 28.3. The van der Waals surface area contributed by atoms with Gasteiger partial charge in [-0.05, 0) is 69.4 Å². The van der Waals surface area contributed by atoms with E-state index in [9.17, 15) is 13.2 Å². The third-order valence-electron chi connectivity index (χ3n) is 5.72. The Kier molecular flexibility index (Phi) is 8.60. The van der Waals surface area contributed by atoms with Gasteiger partial charge in [0.1, 0.15) is 0 Å². The van der Waals surface area contributed by atoms with Crippen LogP contribution in [0.1, 0.15) is 21.5 Å². The second-order valence-electron chi connectivity index (χ2n) is 8.53. The third kappa shape index (κ3) is 5.87. The number of benzene rings is 2. The highest BCUT2D eigenvalue weighted by atomic mass is 32.2. The van der Waals surface area contributed by atoms with Crippen molar-refractivity contribution in [2.45, 2.75) is 18.7 Å². The van der Waals surface area contributed by atoms with Gasteiger partial charge in [-0.25, -0.2) is 13.4 Å². The maximum atomic E-state index is 13.6. The molecule has 0 radical (unpaired) electrons. The minimum atomic E-state index is -3.74. The predicted octanol–water partition coefficient (Wildman–Crippen LogP) is 4.48. The number of nitrogens with zero attached hydrogens (tertiary/aromatic N) is 4. The van der Waals surface area contributed by atoms with Crippen molar-refractivity contribution in [3.63, 3.8) is 0 Å². The molecule has 1 aromatic heterocycles. The standard InChI is InChI=1S/C26H32N4O3S2/c1-7-15-29(16-8-2)35(32,33)22-12-10-21(11-13-22)25(31)30(18-17-28(5)6)26-27-24-20(4)19(3)9-14-23(24)34-26/h7-14H,1-2,15-18H2,3-6H3. The van der Waals surface area contributed by atoms with Crippen molar-refractivity contribution in [1.29, 1.82) is 0 Å². The van der Waals surface area contributed by atoms with Crippen LogP contribution in [-0.4, -0.2) is 68.8 Å². The number of sulfonamides is 1. The molecule has 0 aliphatic carbocycles. The lowest BCUT2D eigenvalue weighted by Crippen LogP contribution is -2.36. The van der Waals surface area contributed by atoms with E-state index in [2.05, 4.69) is 19.2 Å². The number of amides is 1. The molecule has 1 amide bonds. The Hall–Kier alpha value is -2.85. The largest absolute Gasteiger partial charge is 0.308 e. The summed E-state index contributed by atoms with van der Waals surface area (Å²) in [6, 6.07) is 10.1. The summed E-state index contributed by atoms with van der Waals surface area (Å²) in [5, 5.41) is 0.625. The maximum absolute atomic E-state index is 13.6. The van der Waals surface area contributed by atoms with Crippen LogP contribution in [0, 0.1) is 13.8 Å². The summed E-state index contributed by atoms with van der Waals surface area (Å²) >= 11 is 1.48. The molecule has 0 saturated heterocycles. The number of aromatic nitrogens is 1. The van der Waals surface area contributed by atoms with Gasteiger partial charge in [-0.1, -0.05) is 29.6 Å². The number of carbonyl (C=O) groups is 1. The van der Waals surface area contributed by atoms with E-state index in [1.807, 2.05) is 38.9 Å². The van der Waals surface area contributed by atoms with E-state index in [4.69, 9.17) is 4.98 Å². The summed E-state index contributed by atoms with van der Waals surface area (Å²) in [7, 11) is 0.163. The molecule has 7 nitrogen and oxygen atoms in total. The zero-order chi connectivity index (χ0) is 25.8. The second kappa shape index (κ2) is 11.3. The van der Waals surface area contributed by atoms with Crippen LogP contribution in [0.15, 0.2) is 66.6 Å². The molecule has 1 heterocycles. The van der Waals surface area contributed by atoms with Crippen LogP contribution in [0.4, 0.5) is 5.13 Å². The Morgan fingerprint density at radius 3 is 2.20 bits per heavy atom. The number of fused-ring (bicyclic) bond motifs is 1. The molecule has 0 aliphatic heterocycles. The molecule has 0 saturated carbocycles. The van der Waals surface area contributed by atoms with E-state index >= 15 is 0 Å². The minimum absolute atomic E-state index is 0.115. The maximum Gasteiger partial charge on any atom is 0.260 e. The predicted molar refractivity (Wildman–Crippen MR) is 145 cm³/mol. The first-order valence-corrected chi connectivity index (χ1v) is 13.5. The molecule has 3 aromatic rings. The van der Waals surface area contributed by atoms with Gasteiger partial charge in [-0.15, -0.1) is 13.2 Å². The average Bonchev–Trinajstić information content (AvgIpc) is 3.26. The first-order valence-electron chi connectivity index (χ1n) is 11.3. The van der Waals surface area contributed by atoms with Crippen molar-refractivity contribution >= 4 is 42.6 Å². The van der Waals surface area contributed by atoms with E-state index < -0.39 is 10.0 Å². The van der Waals surface area contributed by atoms with Crippen molar-refractivity contribution < 1.29 is 13.2 Å². The lowest BCUT2D eigenvalue weighted by Gasteiger charge is -2.22. The van der Waals surface area contributed by atoms with E-state index in [1.54, 1.807) is 17.0 Å².